The van der Waals surface area contributed by atoms with Gasteiger partial charge in [-0.05, 0) is 49.5 Å². The molecule has 0 aromatic heterocycles. The Kier molecular flexibility index (Phi) is 7.20. The maximum absolute atomic E-state index is 13.1. The Morgan fingerprint density at radius 1 is 1.05 bits per heavy atom. The maximum Gasteiger partial charge on any atom is 0.168 e. The Labute approximate surface area is 123 Å². The van der Waals surface area contributed by atoms with Gasteiger partial charge in [-0.1, -0.05) is 19.3 Å². The van der Waals surface area contributed by atoms with Crippen LogP contribution in [0.2, 0.25) is 0 Å². The predicted molar refractivity (Wildman–Crippen MR) is 86.9 cm³/mol. The Morgan fingerprint density at radius 2 is 1.70 bits per heavy atom. The van der Waals surface area contributed by atoms with Crippen LogP contribution in [-0.2, 0) is 0 Å². The van der Waals surface area contributed by atoms with Crippen LogP contribution in [0, 0.1) is 5.82 Å². The van der Waals surface area contributed by atoms with E-state index in [1.54, 1.807) is 6.07 Å². The zero-order chi connectivity index (χ0) is 15.0. The van der Waals surface area contributed by atoms with Crippen LogP contribution in [0.15, 0.2) is 18.2 Å². The lowest BCUT2D eigenvalue weighted by Gasteiger charge is -2.24. The fraction of sp³-hybridized carbons (Fsp3) is 0.625. The minimum atomic E-state index is -0.632. The van der Waals surface area contributed by atoms with Gasteiger partial charge in [0.25, 0.3) is 0 Å². The van der Waals surface area contributed by atoms with E-state index in [0.717, 1.165) is 12.8 Å². The second-order valence-electron chi connectivity index (χ2n) is 6.02. The first kappa shape index (κ1) is 17.2. The van der Waals surface area contributed by atoms with Gasteiger partial charge in [0.05, 0.1) is 6.61 Å². The summed E-state index contributed by atoms with van der Waals surface area (Å²) in [5.74, 6) is 0.873. The molecule has 0 radical (unpaired) electrons. The molecule has 1 aromatic rings. The van der Waals surface area contributed by atoms with E-state index >= 15 is 0 Å². The molecule has 1 aromatic carbocycles. The molecule has 1 N–H and O–H groups in total. The van der Waals surface area contributed by atoms with Gasteiger partial charge in [0, 0.05) is 6.07 Å². The first-order valence-electron chi connectivity index (χ1n) is 7.16. The fourth-order valence-corrected chi connectivity index (χ4v) is 3.01. The number of phenolic OH excluding ortho intramolecular Hbond substituents is 1. The standard InChI is InChI=1S/C16H27FO2S/c1-20(2,3)12-8-6-4-5-7-11-19-14-9-10-16(18)15(17)13-14/h9-10,13,18H,4-8,11-12H2,1-3H3. The van der Waals surface area contributed by atoms with Crippen LogP contribution in [0.1, 0.15) is 32.1 Å². The molecule has 0 amide bonds. The van der Waals surface area contributed by atoms with Crippen molar-refractivity contribution in [2.45, 2.75) is 32.1 Å². The summed E-state index contributed by atoms with van der Waals surface area (Å²) in [6.45, 7) is 0.606. The van der Waals surface area contributed by atoms with Crippen LogP contribution in [0.4, 0.5) is 4.39 Å². The Morgan fingerprint density at radius 3 is 2.35 bits per heavy atom. The van der Waals surface area contributed by atoms with Crippen LogP contribution in [0.25, 0.3) is 0 Å². The zero-order valence-electron chi connectivity index (χ0n) is 12.8. The minimum absolute atomic E-state index is 0.335. The summed E-state index contributed by atoms with van der Waals surface area (Å²) in [5.41, 5.74) is 0. The van der Waals surface area contributed by atoms with Crippen molar-refractivity contribution in [3.8, 4) is 11.5 Å². The molecule has 0 aliphatic carbocycles. The van der Waals surface area contributed by atoms with Gasteiger partial charge in [0.2, 0.25) is 0 Å². The van der Waals surface area contributed by atoms with Crippen molar-refractivity contribution in [2.75, 3.05) is 31.1 Å². The SMILES string of the molecule is CS(C)(C)CCCCCCCOc1ccc(O)c(F)c1. The van der Waals surface area contributed by atoms with Crippen LogP contribution in [0.5, 0.6) is 11.5 Å². The quantitative estimate of drug-likeness (QED) is 0.678. The molecular formula is C16H27FO2S. The van der Waals surface area contributed by atoms with Crippen LogP contribution >= 0.6 is 10.0 Å². The van der Waals surface area contributed by atoms with E-state index in [2.05, 4.69) is 18.8 Å². The normalized spacial score (nSPS) is 12.4. The van der Waals surface area contributed by atoms with Crippen molar-refractivity contribution < 1.29 is 14.2 Å². The average molecular weight is 302 g/mol. The van der Waals surface area contributed by atoms with Crippen molar-refractivity contribution in [3.63, 3.8) is 0 Å². The molecule has 0 aliphatic heterocycles. The molecule has 116 valence electrons. The second kappa shape index (κ2) is 8.40. The monoisotopic (exact) mass is 302 g/mol. The summed E-state index contributed by atoms with van der Waals surface area (Å²) in [4.78, 5) is 0. The largest absolute Gasteiger partial charge is 0.505 e. The lowest BCUT2D eigenvalue weighted by atomic mass is 10.2. The summed E-state index contributed by atoms with van der Waals surface area (Å²) >= 11 is 0. The smallest absolute Gasteiger partial charge is 0.168 e. The third kappa shape index (κ3) is 7.63. The number of unbranched alkanes of at least 4 members (excludes halogenated alkanes) is 4. The summed E-state index contributed by atoms with van der Waals surface area (Å²) in [5, 5.41) is 9.06. The Balaban J connectivity index is 2.03. The number of benzene rings is 1. The third-order valence-corrected chi connectivity index (χ3v) is 4.60. The molecule has 0 saturated carbocycles. The highest BCUT2D eigenvalue weighted by molar-refractivity contribution is 8.32. The van der Waals surface area contributed by atoms with E-state index in [1.165, 1.54) is 37.1 Å². The fourth-order valence-electron chi connectivity index (χ4n) is 1.93. The van der Waals surface area contributed by atoms with Gasteiger partial charge in [-0.2, -0.15) is 0 Å². The molecule has 0 unspecified atom stereocenters. The number of phenols is 1. The maximum atomic E-state index is 13.1. The molecule has 0 saturated heterocycles. The molecule has 1 rings (SSSR count). The predicted octanol–water partition coefficient (Wildman–Crippen LogP) is 4.55. The van der Waals surface area contributed by atoms with Gasteiger partial charge in [0.15, 0.2) is 11.6 Å². The zero-order valence-corrected chi connectivity index (χ0v) is 13.6. The first-order chi connectivity index (χ1) is 9.38. The second-order valence-corrected chi connectivity index (χ2v) is 10.6. The molecule has 2 nitrogen and oxygen atoms in total. The van der Waals surface area contributed by atoms with E-state index in [9.17, 15) is 4.39 Å². The minimum Gasteiger partial charge on any atom is -0.505 e. The van der Waals surface area contributed by atoms with Crippen LogP contribution in [-0.4, -0.2) is 36.2 Å². The summed E-state index contributed by atoms with van der Waals surface area (Å²) in [6, 6.07) is 4.13. The van der Waals surface area contributed by atoms with Gasteiger partial charge in [-0.3, -0.25) is 0 Å². The highest BCUT2D eigenvalue weighted by atomic mass is 32.3. The first-order valence-corrected chi connectivity index (χ1v) is 10.2. The average Bonchev–Trinajstić information content (AvgIpc) is 2.35. The summed E-state index contributed by atoms with van der Waals surface area (Å²) < 4.78 is 18.5. The Hall–Kier alpha value is -0.900. The number of hydrogen-bond acceptors (Lipinski definition) is 2. The van der Waals surface area contributed by atoms with Crippen molar-refractivity contribution in [2.24, 2.45) is 0 Å². The molecule has 20 heavy (non-hydrogen) atoms. The molecule has 0 spiro atoms. The topological polar surface area (TPSA) is 29.5 Å². The number of halogens is 1. The number of hydrogen-bond donors (Lipinski definition) is 1. The molecular weight excluding hydrogens is 275 g/mol. The van der Waals surface area contributed by atoms with Crippen LogP contribution < -0.4 is 4.74 Å². The van der Waals surface area contributed by atoms with Crippen molar-refractivity contribution in [3.05, 3.63) is 24.0 Å². The van der Waals surface area contributed by atoms with Gasteiger partial charge in [0.1, 0.15) is 5.75 Å². The lowest BCUT2D eigenvalue weighted by molar-refractivity contribution is 0.302. The molecule has 0 bridgehead atoms. The lowest BCUT2D eigenvalue weighted by Crippen LogP contribution is -1.99. The van der Waals surface area contributed by atoms with Gasteiger partial charge >= 0.3 is 0 Å². The van der Waals surface area contributed by atoms with E-state index < -0.39 is 5.82 Å². The Bertz CT molecular complexity index is 402. The van der Waals surface area contributed by atoms with Crippen molar-refractivity contribution >= 4 is 10.0 Å². The van der Waals surface area contributed by atoms with Gasteiger partial charge in [-0.15, -0.1) is 0 Å². The number of rotatable bonds is 9. The van der Waals surface area contributed by atoms with E-state index in [4.69, 9.17) is 9.84 Å². The van der Waals surface area contributed by atoms with Gasteiger partial charge < -0.3 is 9.84 Å². The highest BCUT2D eigenvalue weighted by Gasteiger charge is 2.03. The molecule has 0 fully saturated rings. The molecule has 4 heteroatoms. The summed E-state index contributed by atoms with van der Waals surface area (Å²) in [6.07, 6.45) is 13.1. The van der Waals surface area contributed by atoms with E-state index in [-0.39, 0.29) is 15.8 Å². The number of ether oxygens (including phenoxy) is 1. The number of aromatic hydroxyl groups is 1. The van der Waals surface area contributed by atoms with Gasteiger partial charge in [-0.25, -0.2) is 14.4 Å². The molecule has 0 heterocycles. The highest BCUT2D eigenvalue weighted by Crippen LogP contribution is 2.35. The summed E-state index contributed by atoms with van der Waals surface area (Å²) in [7, 11) is -0.346. The van der Waals surface area contributed by atoms with E-state index in [1.807, 2.05) is 0 Å². The molecule has 0 aliphatic rings. The van der Waals surface area contributed by atoms with Crippen molar-refractivity contribution in [1.29, 1.82) is 0 Å². The van der Waals surface area contributed by atoms with Crippen molar-refractivity contribution in [1.82, 2.24) is 0 Å². The van der Waals surface area contributed by atoms with Crippen LogP contribution in [0.3, 0.4) is 0 Å². The molecule has 0 atom stereocenters. The van der Waals surface area contributed by atoms with E-state index in [0.29, 0.717) is 12.4 Å². The third-order valence-electron chi connectivity index (χ3n) is 3.09.